The van der Waals surface area contributed by atoms with Crippen molar-refractivity contribution in [3.63, 3.8) is 0 Å². The molecule has 0 aromatic carbocycles. The van der Waals surface area contributed by atoms with Gasteiger partial charge >= 0.3 is 5.97 Å². The molecule has 0 aliphatic rings. The molecule has 0 amide bonds. The number of aliphatic imine (C=N–C) groups is 1. The van der Waals surface area contributed by atoms with Gasteiger partial charge < -0.3 is 16.2 Å². The molecule has 0 aromatic rings. The summed E-state index contributed by atoms with van der Waals surface area (Å²) in [5.41, 5.74) is 5.61. The van der Waals surface area contributed by atoms with Crippen LogP contribution in [0.15, 0.2) is 16.3 Å². The van der Waals surface area contributed by atoms with Gasteiger partial charge in [0.05, 0.1) is 0 Å². The molecule has 0 aliphatic heterocycles. The van der Waals surface area contributed by atoms with Gasteiger partial charge in [-0.25, -0.2) is 4.79 Å². The monoisotopic (exact) mass is 227 g/mol. The Hall–Kier alpha value is -1.52. The highest BCUT2D eigenvalue weighted by Gasteiger charge is 2.27. The van der Waals surface area contributed by atoms with E-state index in [0.29, 0.717) is 18.0 Å². The number of carboxylic acids is 1. The lowest BCUT2D eigenvalue weighted by Gasteiger charge is -2.25. The van der Waals surface area contributed by atoms with Gasteiger partial charge in [-0.2, -0.15) is 0 Å². The number of likely N-dealkylation sites (N-methyl/N-ethyl adjacent to an activating group) is 1. The maximum atomic E-state index is 10.9. The molecule has 4 N–H and O–H groups in total. The third-order valence-electron chi connectivity index (χ3n) is 2.05. The second-order valence-corrected chi connectivity index (χ2v) is 4.45. The van der Waals surface area contributed by atoms with E-state index in [1.54, 1.807) is 7.05 Å². The highest BCUT2D eigenvalue weighted by atomic mass is 16.4. The molecule has 0 aromatic heterocycles. The van der Waals surface area contributed by atoms with Crippen LogP contribution in [0.25, 0.3) is 0 Å². The quantitative estimate of drug-likeness (QED) is 0.381. The second-order valence-electron chi connectivity index (χ2n) is 4.45. The molecule has 0 fully saturated rings. The molecule has 0 atom stereocenters. The summed E-state index contributed by atoms with van der Waals surface area (Å²) in [4.78, 5) is 15.0. The highest BCUT2D eigenvalue weighted by Crippen LogP contribution is 2.27. The van der Waals surface area contributed by atoms with Crippen molar-refractivity contribution in [3.05, 3.63) is 11.3 Å². The number of nitrogens with zero attached hydrogens (tertiary/aromatic N) is 1. The second kappa shape index (κ2) is 5.53. The van der Waals surface area contributed by atoms with Crippen LogP contribution in [0.3, 0.4) is 0 Å². The summed E-state index contributed by atoms with van der Waals surface area (Å²) in [6.45, 7) is 8.30. The fraction of sp³-hybridized carbons (Fsp3) is 0.636. The molecular formula is C11H21N3O2. The van der Waals surface area contributed by atoms with E-state index in [9.17, 15) is 4.79 Å². The van der Waals surface area contributed by atoms with Gasteiger partial charge in [0.15, 0.2) is 0 Å². The summed E-state index contributed by atoms with van der Waals surface area (Å²) in [6, 6.07) is 0. The number of hydrogen-bond acceptors (Lipinski definition) is 3. The summed E-state index contributed by atoms with van der Waals surface area (Å²) in [5.74, 6) is -0.584. The number of aliphatic carboxylic acids is 1. The van der Waals surface area contributed by atoms with Gasteiger partial charge in [0, 0.05) is 19.2 Å². The molecule has 0 saturated heterocycles. The number of carbonyl (C=O) groups is 1. The minimum atomic E-state index is -1.12. The highest BCUT2D eigenvalue weighted by molar-refractivity contribution is 6.05. The molecular weight excluding hydrogens is 206 g/mol. The van der Waals surface area contributed by atoms with Gasteiger partial charge in [0.1, 0.15) is 11.5 Å². The minimum Gasteiger partial charge on any atom is -0.477 e. The Kier molecular flexibility index (Phi) is 5.01. The van der Waals surface area contributed by atoms with Crippen LogP contribution in [0.4, 0.5) is 0 Å². The van der Waals surface area contributed by atoms with E-state index >= 15 is 0 Å². The minimum absolute atomic E-state index is 0.158. The summed E-state index contributed by atoms with van der Waals surface area (Å²) < 4.78 is 0. The largest absolute Gasteiger partial charge is 0.477 e. The third-order valence-corrected chi connectivity index (χ3v) is 2.05. The summed E-state index contributed by atoms with van der Waals surface area (Å²) in [6.07, 6.45) is 0. The maximum Gasteiger partial charge on any atom is 0.352 e. The van der Waals surface area contributed by atoms with Gasteiger partial charge in [0.25, 0.3) is 0 Å². The van der Waals surface area contributed by atoms with Gasteiger partial charge in [0.2, 0.25) is 0 Å². The molecule has 0 bridgehead atoms. The average molecular weight is 227 g/mol. The smallest absolute Gasteiger partial charge is 0.352 e. The molecule has 0 saturated carbocycles. The van der Waals surface area contributed by atoms with Crippen molar-refractivity contribution < 1.29 is 9.90 Å². The molecule has 16 heavy (non-hydrogen) atoms. The van der Waals surface area contributed by atoms with Crippen molar-refractivity contribution in [2.75, 3.05) is 13.6 Å². The Balaban J connectivity index is 5.61. The molecule has 0 spiro atoms. The maximum absolute atomic E-state index is 10.9. The predicted octanol–water partition coefficient (Wildman–Crippen LogP) is 0.968. The molecule has 0 unspecified atom stereocenters. The van der Waals surface area contributed by atoms with Gasteiger partial charge in [-0.15, -0.1) is 0 Å². The average Bonchev–Trinajstić information content (AvgIpc) is 2.14. The van der Waals surface area contributed by atoms with Crippen LogP contribution in [0.2, 0.25) is 0 Å². The van der Waals surface area contributed by atoms with E-state index in [2.05, 4.69) is 10.3 Å². The summed E-state index contributed by atoms with van der Waals surface area (Å²) >= 11 is 0. The topological polar surface area (TPSA) is 87.7 Å². The zero-order chi connectivity index (χ0) is 12.9. The van der Waals surface area contributed by atoms with Crippen molar-refractivity contribution in [1.82, 2.24) is 5.32 Å². The van der Waals surface area contributed by atoms with Gasteiger partial charge in [-0.05, 0) is 12.3 Å². The van der Waals surface area contributed by atoms with Crippen molar-refractivity contribution in [2.24, 2.45) is 16.1 Å². The Morgan fingerprint density at radius 3 is 2.19 bits per heavy atom. The first-order chi connectivity index (χ1) is 7.25. The predicted molar refractivity (Wildman–Crippen MR) is 65.3 cm³/mol. The molecule has 5 nitrogen and oxygen atoms in total. The Morgan fingerprint density at radius 1 is 1.44 bits per heavy atom. The molecule has 0 radical (unpaired) electrons. The van der Waals surface area contributed by atoms with E-state index in [0.717, 1.165) is 0 Å². The number of amidine groups is 1. The van der Waals surface area contributed by atoms with Crippen molar-refractivity contribution in [2.45, 2.75) is 27.7 Å². The van der Waals surface area contributed by atoms with E-state index in [4.69, 9.17) is 10.8 Å². The van der Waals surface area contributed by atoms with Gasteiger partial charge in [-0.3, -0.25) is 4.99 Å². The molecule has 0 heterocycles. The molecule has 0 rings (SSSR count). The summed E-state index contributed by atoms with van der Waals surface area (Å²) in [7, 11) is 1.61. The first kappa shape index (κ1) is 14.5. The van der Waals surface area contributed by atoms with Crippen LogP contribution in [0.1, 0.15) is 27.7 Å². The number of nitrogens with two attached hydrogens (primary N) is 1. The SMILES string of the molecule is CCNC(=NC)C(=C(N)C(=O)O)C(C)(C)C. The van der Waals surface area contributed by atoms with Crippen LogP contribution < -0.4 is 11.1 Å². The molecule has 5 heteroatoms. The van der Waals surface area contributed by atoms with Crippen LogP contribution in [-0.4, -0.2) is 30.5 Å². The van der Waals surface area contributed by atoms with E-state index < -0.39 is 5.97 Å². The lowest BCUT2D eigenvalue weighted by atomic mass is 9.84. The van der Waals surface area contributed by atoms with Crippen molar-refractivity contribution >= 4 is 11.8 Å². The molecule has 92 valence electrons. The van der Waals surface area contributed by atoms with Crippen LogP contribution in [0.5, 0.6) is 0 Å². The fourth-order valence-electron chi connectivity index (χ4n) is 1.44. The fourth-order valence-corrected chi connectivity index (χ4v) is 1.44. The normalized spacial score (nSPS) is 14.4. The van der Waals surface area contributed by atoms with E-state index in [1.807, 2.05) is 27.7 Å². The summed E-state index contributed by atoms with van der Waals surface area (Å²) in [5, 5.41) is 12.0. The Bertz CT molecular complexity index is 325. The van der Waals surface area contributed by atoms with Crippen LogP contribution in [0, 0.1) is 5.41 Å². The standard InChI is InChI=1S/C11H21N3O2/c1-6-14-9(13-5)7(11(2,3)4)8(12)10(15)16/h6,12H2,1-5H3,(H,13,14)(H,15,16). The third kappa shape index (κ3) is 3.56. The first-order valence-electron chi connectivity index (χ1n) is 5.20. The van der Waals surface area contributed by atoms with Crippen molar-refractivity contribution in [1.29, 1.82) is 0 Å². The Labute approximate surface area is 96.4 Å². The van der Waals surface area contributed by atoms with E-state index in [1.165, 1.54) is 0 Å². The number of carboxylic acid groups (broad SMARTS) is 1. The number of rotatable bonds is 3. The van der Waals surface area contributed by atoms with Crippen LogP contribution >= 0.6 is 0 Å². The zero-order valence-electron chi connectivity index (χ0n) is 10.6. The van der Waals surface area contributed by atoms with Gasteiger partial charge in [-0.1, -0.05) is 20.8 Å². The zero-order valence-corrected chi connectivity index (χ0v) is 10.6. The first-order valence-corrected chi connectivity index (χ1v) is 5.20. The molecule has 0 aliphatic carbocycles. The Morgan fingerprint density at radius 2 is 1.94 bits per heavy atom. The lowest BCUT2D eigenvalue weighted by Crippen LogP contribution is -2.35. The van der Waals surface area contributed by atoms with Crippen molar-refractivity contribution in [3.8, 4) is 0 Å². The van der Waals surface area contributed by atoms with E-state index in [-0.39, 0.29) is 11.1 Å². The number of nitrogens with one attached hydrogen (secondary N) is 1. The van der Waals surface area contributed by atoms with Crippen LogP contribution in [-0.2, 0) is 4.79 Å². The lowest BCUT2D eigenvalue weighted by molar-refractivity contribution is -0.132. The number of hydrogen-bond donors (Lipinski definition) is 3.